The molecule has 0 amide bonds. The fraction of sp³-hybridized carbons (Fsp3) is 0.0476. The number of nitrogens with zero attached hydrogens (tertiary/aromatic N) is 2. The summed E-state index contributed by atoms with van der Waals surface area (Å²) in [5.41, 5.74) is 15.3. The van der Waals surface area contributed by atoms with E-state index in [0.29, 0.717) is 0 Å². The topological polar surface area (TPSA) is 22.5 Å². The van der Waals surface area contributed by atoms with Gasteiger partial charge in [0.25, 0.3) is 0 Å². The highest BCUT2D eigenvalue weighted by Crippen LogP contribution is 2.42. The van der Waals surface area contributed by atoms with Gasteiger partial charge in [0.2, 0.25) is 6.71 Å². The van der Waals surface area contributed by atoms with Crippen molar-refractivity contribution in [3.8, 4) is 5.69 Å². The number of aromatic nitrogens is 2. The number of fused-ring (bicyclic) bond motifs is 11. The Hall–Kier alpha value is -5.74. The van der Waals surface area contributed by atoms with Crippen LogP contribution in [0.4, 0.5) is 0 Å². The predicted molar refractivity (Wildman–Crippen MR) is 193 cm³/mol. The summed E-state index contributed by atoms with van der Waals surface area (Å²) in [4.78, 5) is 0. The number of para-hydroxylation sites is 1. The zero-order valence-electron chi connectivity index (χ0n) is 24.9. The van der Waals surface area contributed by atoms with Crippen LogP contribution in [0.1, 0.15) is 11.1 Å². The zero-order valence-corrected chi connectivity index (χ0v) is 24.9. The molecule has 212 valence electrons. The van der Waals surface area contributed by atoms with E-state index in [1.807, 2.05) is 0 Å². The smallest absolute Gasteiger partial charge is 0.247 e. The van der Waals surface area contributed by atoms with Crippen LogP contribution < -0.4 is 16.4 Å². The maximum Gasteiger partial charge on any atom is 0.247 e. The number of aryl methyl sites for hydroxylation is 2. The van der Waals surface area contributed by atoms with E-state index in [2.05, 4.69) is 136 Å². The van der Waals surface area contributed by atoms with Crippen molar-refractivity contribution >= 4 is 94.2 Å². The minimum Gasteiger partial charge on any atom is -0.456 e. The van der Waals surface area contributed by atoms with Gasteiger partial charge in [0.05, 0.1) is 16.6 Å². The Morgan fingerprint density at radius 3 is 2.28 bits per heavy atom. The normalized spacial score (nSPS) is 13.9. The summed E-state index contributed by atoms with van der Waals surface area (Å²) in [5, 5.41) is 8.94. The van der Waals surface area contributed by atoms with Crippen LogP contribution in [0, 0.1) is 0 Å². The average Bonchev–Trinajstić information content (AvgIpc) is 3.80. The Bertz CT molecular complexity index is 2990. The van der Waals surface area contributed by atoms with Gasteiger partial charge >= 0.3 is 0 Å². The van der Waals surface area contributed by atoms with E-state index in [4.69, 9.17) is 4.42 Å². The molecule has 46 heavy (non-hydrogen) atoms. The molecule has 0 spiro atoms. The highest BCUT2D eigenvalue weighted by atomic mass is 16.3. The second kappa shape index (κ2) is 8.10. The van der Waals surface area contributed by atoms with E-state index in [9.17, 15) is 0 Å². The molecule has 3 aromatic heterocycles. The lowest BCUT2D eigenvalue weighted by molar-refractivity contribution is 0.669. The van der Waals surface area contributed by atoms with Crippen LogP contribution in [-0.4, -0.2) is 15.7 Å². The molecule has 3 nitrogen and oxygen atoms in total. The number of rotatable bonds is 1. The van der Waals surface area contributed by atoms with Crippen LogP contribution in [-0.2, 0) is 12.8 Å². The lowest BCUT2D eigenvalue weighted by Gasteiger charge is -2.31. The molecule has 0 unspecified atom stereocenters. The molecular weight excluding hydrogens is 559 g/mol. The quantitative estimate of drug-likeness (QED) is 0.179. The van der Waals surface area contributed by atoms with E-state index in [1.165, 1.54) is 87.7 Å². The molecule has 0 saturated heterocycles. The number of benzene rings is 7. The second-order valence-electron chi connectivity index (χ2n) is 13.2. The molecular formula is C42H25BN2O. The molecule has 1 aliphatic carbocycles. The van der Waals surface area contributed by atoms with E-state index >= 15 is 0 Å². The van der Waals surface area contributed by atoms with Gasteiger partial charge in [0.1, 0.15) is 16.8 Å². The van der Waals surface area contributed by atoms with Crippen molar-refractivity contribution in [2.75, 3.05) is 0 Å². The summed E-state index contributed by atoms with van der Waals surface area (Å²) in [7, 11) is 0. The number of hydrogen-bond donors (Lipinski definition) is 0. The van der Waals surface area contributed by atoms with Crippen molar-refractivity contribution in [3.05, 3.63) is 139 Å². The van der Waals surface area contributed by atoms with Crippen LogP contribution in [0.15, 0.2) is 132 Å². The molecule has 0 fully saturated rings. The second-order valence-corrected chi connectivity index (χ2v) is 13.2. The lowest BCUT2D eigenvalue weighted by Crippen LogP contribution is -2.56. The zero-order chi connectivity index (χ0) is 29.7. The largest absolute Gasteiger partial charge is 0.456 e. The molecule has 12 rings (SSSR count). The number of hydrogen-bond acceptors (Lipinski definition) is 1. The molecule has 10 aromatic rings. The first-order valence-corrected chi connectivity index (χ1v) is 16.3. The summed E-state index contributed by atoms with van der Waals surface area (Å²) >= 11 is 0. The Morgan fingerprint density at radius 1 is 0.543 bits per heavy atom. The third-order valence-electron chi connectivity index (χ3n) is 11.0. The van der Waals surface area contributed by atoms with Gasteiger partial charge < -0.3 is 4.42 Å². The van der Waals surface area contributed by atoms with Gasteiger partial charge in [-0.3, -0.25) is 8.97 Å². The number of furan rings is 1. The van der Waals surface area contributed by atoms with Gasteiger partial charge in [0.15, 0.2) is 0 Å². The van der Waals surface area contributed by atoms with E-state index in [-0.39, 0.29) is 6.71 Å². The predicted octanol–water partition coefficient (Wildman–Crippen LogP) is 8.17. The summed E-state index contributed by atoms with van der Waals surface area (Å²) in [6.07, 6.45) is 2.15. The van der Waals surface area contributed by atoms with Crippen molar-refractivity contribution in [3.63, 3.8) is 0 Å². The molecule has 2 aliphatic rings. The van der Waals surface area contributed by atoms with Crippen molar-refractivity contribution in [1.29, 1.82) is 0 Å². The van der Waals surface area contributed by atoms with Crippen molar-refractivity contribution in [2.24, 2.45) is 0 Å². The molecule has 0 bridgehead atoms. The third-order valence-corrected chi connectivity index (χ3v) is 11.0. The molecule has 4 heterocycles. The summed E-state index contributed by atoms with van der Waals surface area (Å²) in [6, 6.07) is 47.3. The van der Waals surface area contributed by atoms with Gasteiger partial charge in [-0.1, -0.05) is 103 Å². The molecule has 0 radical (unpaired) electrons. The average molecular weight is 584 g/mol. The van der Waals surface area contributed by atoms with Crippen LogP contribution in [0.25, 0.3) is 76.8 Å². The maximum atomic E-state index is 6.58. The monoisotopic (exact) mass is 584 g/mol. The van der Waals surface area contributed by atoms with Gasteiger partial charge in [0, 0.05) is 32.8 Å². The van der Waals surface area contributed by atoms with E-state index in [1.54, 1.807) is 0 Å². The first-order valence-electron chi connectivity index (χ1n) is 16.3. The van der Waals surface area contributed by atoms with E-state index < -0.39 is 0 Å². The van der Waals surface area contributed by atoms with Crippen LogP contribution in [0.5, 0.6) is 0 Å². The standard InChI is InChI=1S/C42H25BN2O/c1-2-12-27-24(8-1)9-5-14-31(27)43-32-21-19-26-11-7-16-35-40(26)41(32)45(42-29-20-18-25-10-6-15-34(39(25)29)44(35)42)36-22-30-28-13-3-4-17-37(28)46-38(30)23-33(36)43/h1-17,19,21-23H,18,20H2. The molecule has 1 aliphatic heterocycles. The van der Waals surface area contributed by atoms with Gasteiger partial charge in [-0.25, -0.2) is 0 Å². The minimum atomic E-state index is 0.0440. The van der Waals surface area contributed by atoms with Gasteiger partial charge in [-0.05, 0) is 75.8 Å². The van der Waals surface area contributed by atoms with Crippen molar-refractivity contribution in [2.45, 2.75) is 12.8 Å². The van der Waals surface area contributed by atoms with Crippen LogP contribution >= 0.6 is 0 Å². The first kappa shape index (κ1) is 23.6. The Morgan fingerprint density at radius 2 is 1.33 bits per heavy atom. The fourth-order valence-corrected chi connectivity index (χ4v) is 9.23. The minimum absolute atomic E-state index is 0.0440. The van der Waals surface area contributed by atoms with Gasteiger partial charge in [-0.15, -0.1) is 0 Å². The van der Waals surface area contributed by atoms with Crippen molar-refractivity contribution < 1.29 is 4.42 Å². The maximum absolute atomic E-state index is 6.58. The van der Waals surface area contributed by atoms with Gasteiger partial charge in [-0.2, -0.15) is 0 Å². The summed E-state index contributed by atoms with van der Waals surface area (Å²) in [5.74, 6) is 0. The molecule has 0 saturated carbocycles. The van der Waals surface area contributed by atoms with Crippen molar-refractivity contribution in [1.82, 2.24) is 8.97 Å². The lowest BCUT2D eigenvalue weighted by atomic mass is 9.35. The Kier molecular flexibility index (Phi) is 4.16. The fourth-order valence-electron chi connectivity index (χ4n) is 9.23. The molecule has 0 N–H and O–H groups in total. The molecule has 4 heteroatoms. The van der Waals surface area contributed by atoms with E-state index in [0.717, 1.165) is 29.4 Å². The molecule has 7 aromatic carbocycles. The highest BCUT2D eigenvalue weighted by molar-refractivity contribution is 6.99. The third kappa shape index (κ3) is 2.70. The highest BCUT2D eigenvalue weighted by Gasteiger charge is 2.37. The SMILES string of the molecule is c1ccc2c(B3c4cc5oc6ccccc6c5cc4-n4c5c3ccc3cccc(c35)n3c5cccc6c5c(c43)CC6)cccc2c1. The van der Waals surface area contributed by atoms with Crippen LogP contribution in [0.2, 0.25) is 0 Å². The molecule has 0 atom stereocenters. The van der Waals surface area contributed by atoms with Crippen LogP contribution in [0.3, 0.4) is 0 Å². The Labute approximate surface area is 264 Å². The summed E-state index contributed by atoms with van der Waals surface area (Å²) in [6.45, 7) is 0.0440. The Balaban J connectivity index is 1.37. The first-order chi connectivity index (χ1) is 22.8. The summed E-state index contributed by atoms with van der Waals surface area (Å²) < 4.78 is 11.8.